The van der Waals surface area contributed by atoms with E-state index in [-0.39, 0.29) is 5.69 Å². The monoisotopic (exact) mass is 333 g/mol. The molecule has 0 atom stereocenters. The summed E-state index contributed by atoms with van der Waals surface area (Å²) in [6.45, 7) is 1.94. The zero-order valence-electron chi connectivity index (χ0n) is 13.4. The average Bonchev–Trinajstić information content (AvgIpc) is 3.23. The maximum Gasteiger partial charge on any atom is 0.290 e. The Morgan fingerprint density at radius 3 is 2.64 bits per heavy atom. The molecule has 0 saturated carbocycles. The molecule has 4 aromatic rings. The summed E-state index contributed by atoms with van der Waals surface area (Å²) < 4.78 is 0. The van der Waals surface area contributed by atoms with Crippen LogP contribution in [0.15, 0.2) is 48.7 Å². The molecule has 0 radical (unpaired) electrons. The van der Waals surface area contributed by atoms with Gasteiger partial charge in [0.2, 0.25) is 0 Å². The minimum absolute atomic E-state index is 0.234. The van der Waals surface area contributed by atoms with Crippen LogP contribution in [0.1, 0.15) is 26.4 Å². The molecule has 25 heavy (non-hydrogen) atoms. The number of para-hydroxylation sites is 1. The standard InChI is InChI=1S/C18H15N5O2/c1-10-6-7-15-12(8-10)16(21-20-15)18(25)23-22-17(24)13-9-19-14-5-3-2-4-11(13)14/h2-9,19H,1H3,(H,20,21)(H,22,24)(H,23,25). The summed E-state index contributed by atoms with van der Waals surface area (Å²) in [6.07, 6.45) is 1.61. The van der Waals surface area contributed by atoms with Crippen LogP contribution in [0.2, 0.25) is 0 Å². The van der Waals surface area contributed by atoms with E-state index >= 15 is 0 Å². The lowest BCUT2D eigenvalue weighted by atomic mass is 10.1. The van der Waals surface area contributed by atoms with Crippen molar-refractivity contribution in [3.05, 3.63) is 65.5 Å². The number of aromatic amines is 2. The molecule has 0 fully saturated rings. The van der Waals surface area contributed by atoms with Gasteiger partial charge in [0.1, 0.15) is 0 Å². The quantitative estimate of drug-likeness (QED) is 0.424. The second kappa shape index (κ2) is 5.79. The van der Waals surface area contributed by atoms with E-state index in [4.69, 9.17) is 0 Å². The molecule has 0 bridgehead atoms. The number of rotatable bonds is 2. The summed E-state index contributed by atoms with van der Waals surface area (Å²) in [5, 5.41) is 8.33. The van der Waals surface area contributed by atoms with E-state index < -0.39 is 11.8 Å². The number of H-pyrrole nitrogens is 2. The lowest BCUT2D eigenvalue weighted by Crippen LogP contribution is -2.41. The highest BCUT2D eigenvalue weighted by Crippen LogP contribution is 2.18. The molecule has 124 valence electrons. The van der Waals surface area contributed by atoms with Crippen LogP contribution in [-0.4, -0.2) is 27.0 Å². The number of aromatic nitrogens is 3. The number of hydrogen-bond acceptors (Lipinski definition) is 3. The van der Waals surface area contributed by atoms with E-state index in [2.05, 4.69) is 26.0 Å². The predicted molar refractivity (Wildman–Crippen MR) is 94.1 cm³/mol. The van der Waals surface area contributed by atoms with Gasteiger partial charge in [-0.15, -0.1) is 0 Å². The van der Waals surface area contributed by atoms with Crippen LogP contribution in [-0.2, 0) is 0 Å². The number of fused-ring (bicyclic) bond motifs is 2. The molecule has 7 nitrogen and oxygen atoms in total. The van der Waals surface area contributed by atoms with E-state index in [0.29, 0.717) is 10.9 Å². The number of aryl methyl sites for hydroxylation is 1. The molecule has 2 aromatic carbocycles. The number of amides is 2. The number of carbonyl (C=O) groups is 2. The number of nitrogens with one attached hydrogen (secondary N) is 4. The molecule has 4 N–H and O–H groups in total. The molecule has 0 unspecified atom stereocenters. The maximum atomic E-state index is 12.4. The van der Waals surface area contributed by atoms with Crippen molar-refractivity contribution in [2.45, 2.75) is 6.92 Å². The van der Waals surface area contributed by atoms with Crippen molar-refractivity contribution in [3.63, 3.8) is 0 Å². The van der Waals surface area contributed by atoms with Gasteiger partial charge in [0.25, 0.3) is 11.8 Å². The van der Waals surface area contributed by atoms with Gasteiger partial charge >= 0.3 is 0 Å². The third-order valence-electron chi connectivity index (χ3n) is 4.06. The predicted octanol–water partition coefficient (Wildman–Crippen LogP) is 2.43. The van der Waals surface area contributed by atoms with Crippen molar-refractivity contribution >= 4 is 33.6 Å². The van der Waals surface area contributed by atoms with Gasteiger partial charge in [-0.05, 0) is 25.1 Å². The highest BCUT2D eigenvalue weighted by atomic mass is 16.2. The van der Waals surface area contributed by atoms with Gasteiger partial charge in [-0.1, -0.05) is 29.8 Å². The second-order valence-corrected chi connectivity index (χ2v) is 5.78. The summed E-state index contributed by atoms with van der Waals surface area (Å²) in [4.78, 5) is 27.7. The SMILES string of the molecule is Cc1ccc2[nH]nc(C(=O)NNC(=O)c3c[nH]c4ccccc34)c2c1. The number of hydrazine groups is 1. The van der Waals surface area contributed by atoms with Crippen molar-refractivity contribution < 1.29 is 9.59 Å². The fraction of sp³-hybridized carbons (Fsp3) is 0.0556. The first-order chi connectivity index (χ1) is 12.1. The fourth-order valence-electron chi connectivity index (χ4n) is 2.80. The lowest BCUT2D eigenvalue weighted by Gasteiger charge is -2.05. The van der Waals surface area contributed by atoms with Crippen LogP contribution in [0, 0.1) is 6.92 Å². The number of hydrogen-bond donors (Lipinski definition) is 4. The molecule has 0 saturated heterocycles. The Morgan fingerprint density at radius 2 is 1.76 bits per heavy atom. The Morgan fingerprint density at radius 1 is 0.960 bits per heavy atom. The van der Waals surface area contributed by atoms with Crippen LogP contribution < -0.4 is 10.9 Å². The summed E-state index contributed by atoms with van der Waals surface area (Å²) in [5.74, 6) is -0.883. The maximum absolute atomic E-state index is 12.4. The Hall–Kier alpha value is -3.61. The highest BCUT2D eigenvalue weighted by Gasteiger charge is 2.16. The van der Waals surface area contributed by atoms with Crippen molar-refractivity contribution in [1.29, 1.82) is 0 Å². The zero-order chi connectivity index (χ0) is 17.4. The molecule has 0 aliphatic rings. The van der Waals surface area contributed by atoms with Crippen molar-refractivity contribution in [1.82, 2.24) is 26.0 Å². The van der Waals surface area contributed by atoms with E-state index in [1.165, 1.54) is 0 Å². The second-order valence-electron chi connectivity index (χ2n) is 5.78. The minimum Gasteiger partial charge on any atom is -0.360 e. The molecule has 2 amide bonds. The van der Waals surface area contributed by atoms with Crippen molar-refractivity contribution in [2.24, 2.45) is 0 Å². The van der Waals surface area contributed by atoms with Crippen LogP contribution in [0.25, 0.3) is 21.8 Å². The fourth-order valence-corrected chi connectivity index (χ4v) is 2.80. The van der Waals surface area contributed by atoms with E-state index in [9.17, 15) is 9.59 Å². The summed E-state index contributed by atoms with van der Waals surface area (Å²) in [6, 6.07) is 13.1. The van der Waals surface area contributed by atoms with E-state index in [1.807, 2.05) is 49.4 Å². The van der Waals surface area contributed by atoms with Gasteiger partial charge < -0.3 is 4.98 Å². The van der Waals surface area contributed by atoms with Gasteiger partial charge in [-0.3, -0.25) is 25.5 Å². The van der Waals surface area contributed by atoms with Crippen LogP contribution in [0.3, 0.4) is 0 Å². The Bertz CT molecular complexity index is 1110. The molecule has 2 heterocycles. The third-order valence-corrected chi connectivity index (χ3v) is 4.06. The molecule has 0 aliphatic carbocycles. The number of carbonyl (C=O) groups excluding carboxylic acids is 2. The first kappa shape index (κ1) is 14.9. The van der Waals surface area contributed by atoms with Crippen LogP contribution >= 0.6 is 0 Å². The number of benzene rings is 2. The van der Waals surface area contributed by atoms with Gasteiger partial charge in [-0.2, -0.15) is 5.10 Å². The molecule has 0 aliphatic heterocycles. The third kappa shape index (κ3) is 2.61. The van der Waals surface area contributed by atoms with Gasteiger partial charge in [0, 0.05) is 22.5 Å². The topological polar surface area (TPSA) is 103 Å². The molecular formula is C18H15N5O2. The summed E-state index contributed by atoms with van der Waals surface area (Å²) in [5.41, 5.74) is 8.17. The van der Waals surface area contributed by atoms with Gasteiger partial charge in [-0.25, -0.2) is 0 Å². The summed E-state index contributed by atoms with van der Waals surface area (Å²) in [7, 11) is 0. The van der Waals surface area contributed by atoms with Gasteiger partial charge in [0.05, 0.1) is 11.1 Å². The molecule has 4 rings (SSSR count). The Balaban J connectivity index is 1.53. The normalized spacial score (nSPS) is 10.9. The molecule has 2 aromatic heterocycles. The van der Waals surface area contributed by atoms with Crippen LogP contribution in [0.4, 0.5) is 0 Å². The largest absolute Gasteiger partial charge is 0.360 e. The lowest BCUT2D eigenvalue weighted by molar-refractivity contribution is 0.0845. The zero-order valence-corrected chi connectivity index (χ0v) is 13.4. The highest BCUT2D eigenvalue weighted by molar-refractivity contribution is 6.09. The molecule has 0 spiro atoms. The average molecular weight is 333 g/mol. The van der Waals surface area contributed by atoms with Gasteiger partial charge in [0.15, 0.2) is 5.69 Å². The van der Waals surface area contributed by atoms with Crippen LogP contribution in [0.5, 0.6) is 0 Å². The Kier molecular flexibility index (Phi) is 3.46. The summed E-state index contributed by atoms with van der Waals surface area (Å²) >= 11 is 0. The van der Waals surface area contributed by atoms with E-state index in [0.717, 1.165) is 22.0 Å². The smallest absolute Gasteiger partial charge is 0.290 e. The molecule has 7 heteroatoms. The minimum atomic E-state index is -0.481. The first-order valence-electron chi connectivity index (χ1n) is 7.75. The molecular weight excluding hydrogens is 318 g/mol. The van der Waals surface area contributed by atoms with Crippen molar-refractivity contribution in [3.8, 4) is 0 Å². The first-order valence-corrected chi connectivity index (χ1v) is 7.75. The Labute approximate surface area is 142 Å². The number of nitrogens with zero attached hydrogens (tertiary/aromatic N) is 1. The van der Waals surface area contributed by atoms with E-state index in [1.54, 1.807) is 6.20 Å². The van der Waals surface area contributed by atoms with Crippen molar-refractivity contribution in [2.75, 3.05) is 0 Å².